The molecule has 1 atom stereocenters. The summed E-state index contributed by atoms with van der Waals surface area (Å²) in [6.07, 6.45) is 6.57. The van der Waals surface area contributed by atoms with Gasteiger partial charge in [-0.05, 0) is 6.42 Å². The maximum Gasteiger partial charge on any atom is 0.321 e. The summed E-state index contributed by atoms with van der Waals surface area (Å²) in [6, 6.07) is 0. The summed E-state index contributed by atoms with van der Waals surface area (Å²) in [6.45, 7) is 2.63. The maximum absolute atomic E-state index is 11.6. The van der Waals surface area contributed by atoms with E-state index in [4.69, 9.17) is 21.1 Å². The van der Waals surface area contributed by atoms with Crippen LogP contribution >= 0.6 is 34.2 Å². The van der Waals surface area contributed by atoms with Crippen molar-refractivity contribution >= 4 is 46.1 Å². The molecule has 20 heavy (non-hydrogen) atoms. The fraction of sp³-hybridized carbons (Fsp3) is 0.857. The molecule has 0 amide bonds. The summed E-state index contributed by atoms with van der Waals surface area (Å²) in [5.41, 5.74) is 0. The Kier molecular flexibility index (Phi) is 13.9. The Labute approximate surface area is 140 Å². The van der Waals surface area contributed by atoms with Crippen molar-refractivity contribution in [2.24, 2.45) is 0 Å². The van der Waals surface area contributed by atoms with Crippen LogP contribution in [-0.2, 0) is 19.1 Å². The minimum absolute atomic E-state index is 0.0986. The van der Waals surface area contributed by atoms with E-state index in [9.17, 15) is 9.59 Å². The molecular formula is C14H24ClIO4. The quantitative estimate of drug-likeness (QED) is 0.209. The van der Waals surface area contributed by atoms with Gasteiger partial charge in [0, 0.05) is 4.43 Å². The molecule has 0 aliphatic carbocycles. The molecule has 0 bridgehead atoms. The maximum atomic E-state index is 11.6. The number of alkyl halides is 2. The number of hydrogen-bond donors (Lipinski definition) is 0. The molecule has 0 radical (unpaired) electrons. The molecule has 118 valence electrons. The third-order valence-electron chi connectivity index (χ3n) is 2.73. The lowest BCUT2D eigenvalue weighted by Crippen LogP contribution is -2.24. The number of ether oxygens (including phenoxy) is 2. The van der Waals surface area contributed by atoms with Crippen LogP contribution in [0.15, 0.2) is 0 Å². The van der Waals surface area contributed by atoms with Crippen molar-refractivity contribution in [2.45, 2.75) is 58.0 Å². The molecule has 0 rings (SSSR count). The lowest BCUT2D eigenvalue weighted by atomic mass is 10.1. The molecule has 1 unspecified atom stereocenters. The van der Waals surface area contributed by atoms with Crippen molar-refractivity contribution in [3.8, 4) is 0 Å². The van der Waals surface area contributed by atoms with Gasteiger partial charge in [0.2, 0.25) is 0 Å². The molecule has 4 nitrogen and oxygen atoms in total. The minimum atomic E-state index is -0.503. The molecule has 0 fully saturated rings. The van der Waals surface area contributed by atoms with Crippen molar-refractivity contribution < 1.29 is 19.1 Å². The van der Waals surface area contributed by atoms with E-state index < -0.39 is 12.1 Å². The average molecular weight is 419 g/mol. The van der Waals surface area contributed by atoms with E-state index in [0.29, 0.717) is 11.0 Å². The van der Waals surface area contributed by atoms with Gasteiger partial charge in [0.15, 0.2) is 0 Å². The van der Waals surface area contributed by atoms with E-state index in [2.05, 4.69) is 29.5 Å². The van der Waals surface area contributed by atoms with E-state index >= 15 is 0 Å². The van der Waals surface area contributed by atoms with Gasteiger partial charge in [0.25, 0.3) is 0 Å². The molecule has 0 saturated heterocycles. The lowest BCUT2D eigenvalue weighted by molar-refractivity contribution is -0.152. The SMILES string of the molecule is CCCCCCCCOC(=O)CC(CI)OC(=O)CCl. The fourth-order valence-corrected chi connectivity index (χ4v) is 2.21. The van der Waals surface area contributed by atoms with Crippen LogP contribution in [0.25, 0.3) is 0 Å². The molecule has 0 saturated carbocycles. The standard InChI is InChI=1S/C14H24ClIO4/c1-2-3-4-5-6-7-8-19-13(17)9-12(11-16)20-14(18)10-15/h12H,2-11H2,1H3. The van der Waals surface area contributed by atoms with E-state index in [1.165, 1.54) is 25.7 Å². The van der Waals surface area contributed by atoms with Crippen LogP contribution in [0.4, 0.5) is 0 Å². The van der Waals surface area contributed by atoms with Crippen LogP contribution in [0.2, 0.25) is 0 Å². The van der Waals surface area contributed by atoms with Gasteiger partial charge >= 0.3 is 11.9 Å². The summed E-state index contributed by atoms with van der Waals surface area (Å²) in [7, 11) is 0. The van der Waals surface area contributed by atoms with Crippen LogP contribution in [0.5, 0.6) is 0 Å². The van der Waals surface area contributed by atoms with Gasteiger partial charge in [-0.3, -0.25) is 9.59 Å². The van der Waals surface area contributed by atoms with Gasteiger partial charge in [0.05, 0.1) is 13.0 Å². The van der Waals surface area contributed by atoms with Crippen LogP contribution in [0, 0.1) is 0 Å². The second kappa shape index (κ2) is 13.9. The number of carbonyl (C=O) groups is 2. The van der Waals surface area contributed by atoms with E-state index in [0.717, 1.165) is 12.8 Å². The van der Waals surface area contributed by atoms with Crippen LogP contribution < -0.4 is 0 Å². The highest BCUT2D eigenvalue weighted by atomic mass is 127. The Balaban J connectivity index is 3.62. The van der Waals surface area contributed by atoms with Crippen molar-refractivity contribution in [1.82, 2.24) is 0 Å². The first kappa shape index (κ1) is 20.0. The largest absolute Gasteiger partial charge is 0.466 e. The van der Waals surface area contributed by atoms with Crippen molar-refractivity contribution in [3.05, 3.63) is 0 Å². The summed E-state index contributed by atoms with van der Waals surface area (Å²) in [5, 5.41) is 0. The van der Waals surface area contributed by atoms with Gasteiger partial charge in [-0.1, -0.05) is 61.6 Å². The number of rotatable bonds is 12. The predicted molar refractivity (Wildman–Crippen MR) is 88.4 cm³/mol. The van der Waals surface area contributed by atoms with E-state index in [1.807, 2.05) is 0 Å². The predicted octanol–water partition coefficient (Wildman–Crippen LogP) is 3.87. The number of halogens is 2. The highest BCUT2D eigenvalue weighted by Crippen LogP contribution is 2.08. The van der Waals surface area contributed by atoms with Gasteiger partial charge < -0.3 is 9.47 Å². The first-order valence-electron chi connectivity index (χ1n) is 7.11. The first-order valence-corrected chi connectivity index (χ1v) is 9.17. The highest BCUT2D eigenvalue weighted by molar-refractivity contribution is 14.1. The smallest absolute Gasteiger partial charge is 0.321 e. The van der Waals surface area contributed by atoms with Gasteiger partial charge in [-0.15, -0.1) is 11.6 Å². The number of esters is 2. The third kappa shape index (κ3) is 11.8. The summed E-state index contributed by atoms with van der Waals surface area (Å²) in [4.78, 5) is 22.6. The van der Waals surface area contributed by atoms with Gasteiger partial charge in [-0.25, -0.2) is 0 Å². The molecule has 0 aromatic carbocycles. The minimum Gasteiger partial charge on any atom is -0.466 e. The van der Waals surface area contributed by atoms with Crippen LogP contribution in [-0.4, -0.2) is 35.0 Å². The number of hydrogen-bond acceptors (Lipinski definition) is 4. The number of carbonyl (C=O) groups excluding carboxylic acids is 2. The fourth-order valence-electron chi connectivity index (χ4n) is 1.66. The molecule has 0 aliphatic rings. The Morgan fingerprint density at radius 1 is 1.10 bits per heavy atom. The summed E-state index contributed by atoms with van der Waals surface area (Å²) in [5.74, 6) is -1.01. The van der Waals surface area contributed by atoms with Gasteiger partial charge in [-0.2, -0.15) is 0 Å². The zero-order valence-electron chi connectivity index (χ0n) is 12.0. The number of unbranched alkanes of at least 4 members (excludes halogenated alkanes) is 5. The normalized spacial score (nSPS) is 11.9. The summed E-state index contributed by atoms with van der Waals surface area (Å²) < 4.78 is 10.7. The Morgan fingerprint density at radius 2 is 1.75 bits per heavy atom. The van der Waals surface area contributed by atoms with Crippen molar-refractivity contribution in [3.63, 3.8) is 0 Å². The molecule has 0 heterocycles. The van der Waals surface area contributed by atoms with E-state index in [-0.39, 0.29) is 18.3 Å². The molecule has 0 aliphatic heterocycles. The topological polar surface area (TPSA) is 52.6 Å². The monoisotopic (exact) mass is 418 g/mol. The van der Waals surface area contributed by atoms with Gasteiger partial charge in [0.1, 0.15) is 12.0 Å². The zero-order valence-corrected chi connectivity index (χ0v) is 15.0. The molecule has 0 aromatic rings. The Bertz CT molecular complexity index is 274. The second-order valence-electron chi connectivity index (χ2n) is 4.59. The highest BCUT2D eigenvalue weighted by Gasteiger charge is 2.17. The van der Waals surface area contributed by atoms with Crippen molar-refractivity contribution in [2.75, 3.05) is 16.9 Å². The third-order valence-corrected chi connectivity index (χ3v) is 3.94. The van der Waals surface area contributed by atoms with Crippen molar-refractivity contribution in [1.29, 1.82) is 0 Å². The Morgan fingerprint density at radius 3 is 2.35 bits per heavy atom. The molecule has 0 N–H and O–H groups in total. The Hall–Kier alpha value is -0.0400. The average Bonchev–Trinajstić information content (AvgIpc) is 2.45. The van der Waals surface area contributed by atoms with E-state index in [1.54, 1.807) is 0 Å². The molecular weight excluding hydrogens is 395 g/mol. The summed E-state index contributed by atoms with van der Waals surface area (Å²) >= 11 is 7.42. The zero-order chi connectivity index (χ0) is 15.2. The lowest BCUT2D eigenvalue weighted by Gasteiger charge is -2.14. The molecule has 0 spiro atoms. The molecule has 6 heteroatoms. The van der Waals surface area contributed by atoms with Crippen LogP contribution in [0.3, 0.4) is 0 Å². The second-order valence-corrected chi connectivity index (χ2v) is 5.74. The first-order chi connectivity index (χ1) is 9.63. The van der Waals surface area contributed by atoms with Crippen LogP contribution in [0.1, 0.15) is 51.9 Å². The molecule has 0 aromatic heterocycles.